The summed E-state index contributed by atoms with van der Waals surface area (Å²) in [6, 6.07) is 16.6. The molecule has 0 aliphatic heterocycles. The average Bonchev–Trinajstić information content (AvgIpc) is 2.65. The second kappa shape index (κ2) is 9.73. The molecule has 0 aromatic heterocycles. The fraction of sp³-hybridized carbons (Fsp3) is 0. The molecule has 0 aliphatic rings. The predicted octanol–water partition coefficient (Wildman–Crippen LogP) is 1.90. The maximum Gasteiger partial charge on any atom is 2.00 e. The molecular weight excluding hydrogens is 330 g/mol. The van der Waals surface area contributed by atoms with Gasteiger partial charge in [0.2, 0.25) is 0 Å². The monoisotopic (exact) mass is 338 g/mol. The maximum atomic E-state index is 10.7. The van der Waals surface area contributed by atoms with Gasteiger partial charge in [0, 0.05) is 0 Å². The Morgan fingerprint density at radius 2 is 0.895 bits per heavy atom. The molecule has 0 N–H and O–H groups in total. The van der Waals surface area contributed by atoms with E-state index in [1.54, 1.807) is 48.5 Å². The van der Waals surface area contributed by atoms with Crippen molar-refractivity contribution in [3.8, 4) is 0 Å². The first-order valence-corrected chi connectivity index (χ1v) is 5.95. The van der Waals surface area contributed by atoms with Crippen molar-refractivity contribution < 1.29 is 19.5 Å². The number of hydrogen-bond donors (Lipinski definition) is 0. The zero-order valence-electron chi connectivity index (χ0n) is 10.1. The van der Waals surface area contributed by atoms with Crippen molar-refractivity contribution in [1.82, 2.24) is 0 Å². The van der Waals surface area contributed by atoms with Crippen LogP contribution in [-0.4, -0.2) is 0 Å². The van der Waals surface area contributed by atoms with Crippen LogP contribution in [0.25, 0.3) is 0 Å². The van der Waals surface area contributed by atoms with E-state index in [1.165, 1.54) is 12.1 Å². The first-order valence-electron chi connectivity index (χ1n) is 5.14. The summed E-state index contributed by atoms with van der Waals surface area (Å²) in [6.45, 7) is 0. The van der Waals surface area contributed by atoms with Gasteiger partial charge in [-0.05, 0) is 12.1 Å². The van der Waals surface area contributed by atoms with Crippen LogP contribution in [0, 0.1) is 0 Å². The minimum absolute atomic E-state index is 0. The topological polar surface area (TPSA) is 34.1 Å². The molecule has 2 aromatic carbocycles. The predicted molar refractivity (Wildman–Crippen MR) is 76.7 cm³/mol. The Hall–Kier alpha value is -1.16. The van der Waals surface area contributed by atoms with Crippen LogP contribution < -0.4 is 10.9 Å². The summed E-state index contributed by atoms with van der Waals surface area (Å²) in [5, 5.41) is 0. The summed E-state index contributed by atoms with van der Waals surface area (Å²) >= 11 is 9.41. The fourth-order valence-corrected chi connectivity index (χ4v) is 1.32. The van der Waals surface area contributed by atoms with E-state index >= 15 is 0 Å². The van der Waals surface area contributed by atoms with Gasteiger partial charge in [-0.3, -0.25) is 9.59 Å². The molecule has 0 amide bonds. The summed E-state index contributed by atoms with van der Waals surface area (Å²) in [4.78, 5) is 22.2. The van der Waals surface area contributed by atoms with Crippen LogP contribution in [0.2, 0.25) is 0 Å². The molecule has 0 heterocycles. The van der Waals surface area contributed by atoms with E-state index in [0.29, 0.717) is 9.79 Å². The molecule has 92 valence electrons. The summed E-state index contributed by atoms with van der Waals surface area (Å²) in [7, 11) is 0. The van der Waals surface area contributed by atoms with E-state index < -0.39 is 0 Å². The molecule has 2 aromatic rings. The van der Waals surface area contributed by atoms with Crippen molar-refractivity contribution in [2.45, 2.75) is 9.79 Å². The third kappa shape index (κ3) is 7.11. The molecule has 0 spiro atoms. The molecule has 19 heavy (non-hydrogen) atoms. The summed E-state index contributed by atoms with van der Waals surface area (Å²) < 4.78 is 0. The van der Waals surface area contributed by atoms with Crippen molar-refractivity contribution in [3.05, 3.63) is 81.1 Å². The molecule has 0 unspecified atom stereocenters. The molecule has 0 fully saturated rings. The Kier molecular flexibility index (Phi) is 9.14. The van der Waals surface area contributed by atoms with Gasteiger partial charge < -0.3 is 25.3 Å². The summed E-state index contributed by atoms with van der Waals surface area (Å²) in [5.74, 6) is 0. The third-order valence-corrected chi connectivity index (χ3v) is 2.60. The van der Waals surface area contributed by atoms with E-state index in [9.17, 15) is 9.59 Å². The van der Waals surface area contributed by atoms with Crippen LogP contribution in [0.1, 0.15) is 0 Å². The van der Waals surface area contributed by atoms with E-state index in [0.717, 1.165) is 0 Å². The van der Waals surface area contributed by atoms with Crippen LogP contribution >= 0.6 is 0 Å². The molecule has 0 saturated carbocycles. The second-order valence-electron chi connectivity index (χ2n) is 3.28. The van der Waals surface area contributed by atoms with Crippen LogP contribution in [0.3, 0.4) is 0 Å². The largest absolute Gasteiger partial charge is 2.00 e. The average molecular weight is 340 g/mol. The van der Waals surface area contributed by atoms with Gasteiger partial charge in [0.15, 0.2) is 10.9 Å². The van der Waals surface area contributed by atoms with Gasteiger partial charge in [-0.2, -0.15) is 0 Å². The van der Waals surface area contributed by atoms with E-state index in [1.807, 2.05) is 0 Å². The van der Waals surface area contributed by atoms with Gasteiger partial charge in [-0.25, -0.2) is 0 Å². The zero-order chi connectivity index (χ0) is 13.4. The number of rotatable bonds is 0. The minimum Gasteiger partial charge on any atom is -0.776 e. The van der Waals surface area contributed by atoms with Crippen molar-refractivity contribution in [1.29, 1.82) is 0 Å². The Morgan fingerprint density at radius 3 is 1.26 bits per heavy atom. The molecule has 0 radical (unpaired) electrons. The van der Waals surface area contributed by atoms with Crippen molar-refractivity contribution in [2.24, 2.45) is 0 Å². The summed E-state index contributed by atoms with van der Waals surface area (Å²) in [6.07, 6.45) is 0. The molecule has 2 rings (SSSR count). The Labute approximate surface area is 135 Å². The molecule has 5 heteroatoms. The van der Waals surface area contributed by atoms with E-state index in [4.69, 9.17) is 25.3 Å². The first kappa shape index (κ1) is 17.8. The second-order valence-corrected chi connectivity index (χ2v) is 4.16. The van der Waals surface area contributed by atoms with Gasteiger partial charge in [0.05, 0.1) is 0 Å². The number of hydrogen-bond acceptors (Lipinski definition) is 4. The van der Waals surface area contributed by atoms with Crippen molar-refractivity contribution in [3.63, 3.8) is 0 Å². The van der Waals surface area contributed by atoms with Crippen LogP contribution in [0.4, 0.5) is 0 Å². The SMILES string of the molecule is O=c1cccccc1[S-].O=c1cccccc1[S-].[Zn+2]. The third-order valence-electron chi connectivity index (χ3n) is 1.92. The summed E-state index contributed by atoms with van der Waals surface area (Å²) in [5.41, 5.74) is -0.176. The van der Waals surface area contributed by atoms with Gasteiger partial charge in [0.1, 0.15) is 0 Å². The standard InChI is InChI=1S/2C7H6OS.Zn/c2*8-6-4-2-1-3-5-7(6)9;/h2*1-5H,(H,8,9);/q;;+2/p-2. The Balaban J connectivity index is 0.000000324. The molecule has 0 aliphatic carbocycles. The van der Waals surface area contributed by atoms with Crippen LogP contribution in [0.15, 0.2) is 80.0 Å². The molecule has 2 nitrogen and oxygen atoms in total. The first-order chi connectivity index (χ1) is 8.61. The molecule has 0 atom stereocenters. The molecule has 0 saturated heterocycles. The van der Waals surface area contributed by atoms with E-state index in [-0.39, 0.29) is 30.3 Å². The normalized spacial score (nSPS) is 8.42. The van der Waals surface area contributed by atoms with Gasteiger partial charge in [-0.15, -0.1) is 9.79 Å². The Bertz CT molecular complexity index is 576. The van der Waals surface area contributed by atoms with Gasteiger partial charge >= 0.3 is 19.5 Å². The quantitative estimate of drug-likeness (QED) is 0.542. The molecular formula is C14H10O2S2Zn. The molecule has 0 bridgehead atoms. The minimum atomic E-state index is -0.0880. The van der Waals surface area contributed by atoms with Crippen LogP contribution in [-0.2, 0) is 44.7 Å². The van der Waals surface area contributed by atoms with Crippen LogP contribution in [0.5, 0.6) is 0 Å². The van der Waals surface area contributed by atoms with Crippen molar-refractivity contribution >= 4 is 25.3 Å². The Morgan fingerprint density at radius 1 is 0.579 bits per heavy atom. The zero-order valence-corrected chi connectivity index (χ0v) is 14.7. The van der Waals surface area contributed by atoms with Crippen molar-refractivity contribution in [2.75, 3.05) is 0 Å². The van der Waals surface area contributed by atoms with Gasteiger partial charge in [-0.1, -0.05) is 48.5 Å². The van der Waals surface area contributed by atoms with Gasteiger partial charge in [0.25, 0.3) is 0 Å². The van der Waals surface area contributed by atoms with E-state index in [2.05, 4.69) is 0 Å². The smallest absolute Gasteiger partial charge is 0.776 e. The maximum absolute atomic E-state index is 10.7. The fourth-order valence-electron chi connectivity index (χ4n) is 1.03.